The van der Waals surface area contributed by atoms with Crippen molar-refractivity contribution in [3.8, 4) is 0 Å². The van der Waals surface area contributed by atoms with Crippen molar-refractivity contribution in [2.24, 2.45) is 17.8 Å². The van der Waals surface area contributed by atoms with Gasteiger partial charge in [-0.3, -0.25) is 0 Å². The maximum Gasteiger partial charge on any atom is 0.338 e. The van der Waals surface area contributed by atoms with Crippen LogP contribution in [0.1, 0.15) is 60.7 Å². The predicted molar refractivity (Wildman–Crippen MR) is 155 cm³/mol. The summed E-state index contributed by atoms with van der Waals surface area (Å²) >= 11 is 0. The predicted octanol–water partition coefficient (Wildman–Crippen LogP) is 3.58. The van der Waals surface area contributed by atoms with Crippen molar-refractivity contribution in [3.05, 3.63) is 71.8 Å². The molecule has 2 aliphatic carbocycles. The third-order valence-corrected chi connectivity index (χ3v) is 8.42. The molecule has 9 atom stereocenters. The maximum atomic E-state index is 13.2. The van der Waals surface area contributed by atoms with E-state index in [4.69, 9.17) is 23.7 Å². The fourth-order valence-corrected chi connectivity index (χ4v) is 6.03. The van der Waals surface area contributed by atoms with Gasteiger partial charge >= 0.3 is 17.9 Å². The highest BCUT2D eigenvalue weighted by atomic mass is 16.6. The fourth-order valence-electron chi connectivity index (χ4n) is 6.03. The summed E-state index contributed by atoms with van der Waals surface area (Å²) in [5, 5.41) is 22.0. The van der Waals surface area contributed by atoms with Crippen LogP contribution in [0.2, 0.25) is 0 Å². The van der Waals surface area contributed by atoms with Crippen LogP contribution in [-0.4, -0.2) is 84.6 Å². The first-order valence-corrected chi connectivity index (χ1v) is 14.8. The van der Waals surface area contributed by atoms with Crippen LogP contribution in [0, 0.1) is 17.8 Å². The summed E-state index contributed by atoms with van der Waals surface area (Å²) in [4.78, 5) is 39.4. The van der Waals surface area contributed by atoms with Gasteiger partial charge in [-0.2, -0.15) is 0 Å². The summed E-state index contributed by atoms with van der Waals surface area (Å²) in [6.45, 7) is 6.05. The van der Waals surface area contributed by atoms with Gasteiger partial charge in [-0.15, -0.1) is 0 Å². The van der Waals surface area contributed by atoms with Gasteiger partial charge in [0.05, 0.1) is 17.2 Å². The number of esters is 3. The molecule has 2 saturated carbocycles. The molecule has 0 heterocycles. The Morgan fingerprint density at radius 1 is 0.767 bits per heavy atom. The normalized spacial score (nSPS) is 30.8. The topological polar surface area (TPSA) is 138 Å². The molecule has 10 heteroatoms. The third kappa shape index (κ3) is 8.00. The molecule has 0 amide bonds. The van der Waals surface area contributed by atoms with Crippen molar-refractivity contribution in [2.75, 3.05) is 13.7 Å². The van der Waals surface area contributed by atoms with Crippen LogP contribution in [0.25, 0.3) is 0 Å². The molecule has 234 valence electrons. The van der Waals surface area contributed by atoms with Gasteiger partial charge in [-0.05, 0) is 54.9 Å². The molecule has 0 bridgehead atoms. The number of methoxy groups -OCH3 is 1. The highest BCUT2D eigenvalue weighted by Crippen LogP contribution is 2.36. The summed E-state index contributed by atoms with van der Waals surface area (Å²) in [7, 11) is 1.26. The lowest BCUT2D eigenvalue weighted by molar-refractivity contribution is -0.240. The first kappa shape index (κ1) is 32.6. The number of aliphatic hydroxyl groups excluding tert-OH is 2. The van der Waals surface area contributed by atoms with E-state index >= 15 is 0 Å². The van der Waals surface area contributed by atoms with Gasteiger partial charge in [0, 0.05) is 7.11 Å². The van der Waals surface area contributed by atoms with Gasteiger partial charge in [0.15, 0.2) is 18.3 Å². The average Bonchev–Trinajstić information content (AvgIpc) is 3.01. The summed E-state index contributed by atoms with van der Waals surface area (Å²) in [6.07, 6.45) is -6.44. The SMILES string of the molecule is CO[C@H]1[C@H](O)[C@H](O)[C@@H](OC(=O)c2ccccc2)[C@@H](OC(=O)c2ccccc2)[C@@H]1OC(=O)CO[C@@H]1C[C@H](C)CC[C@H]1C(C)C. The number of carbonyl (C=O) groups is 3. The van der Waals surface area contributed by atoms with Gasteiger partial charge in [-0.25, -0.2) is 14.4 Å². The minimum atomic E-state index is -1.73. The Kier molecular flexibility index (Phi) is 11.3. The Labute approximate surface area is 252 Å². The molecule has 10 nitrogen and oxygen atoms in total. The standard InChI is InChI=1S/C33H42O10/c1-19(2)23-16-15-20(3)17-24(23)40-18-25(34)41-30-28(39-4)26(35)27(36)29(42-32(37)21-11-7-5-8-12-21)31(30)43-33(38)22-13-9-6-10-14-22/h5-14,19-20,23-24,26-31,35-36H,15-18H2,1-4H3/t20-,23+,24-,26-,27+,28+,29-,30-,31-/m1/s1. The molecular weight excluding hydrogens is 556 g/mol. The number of hydrogen-bond donors (Lipinski definition) is 2. The van der Waals surface area contributed by atoms with E-state index in [1.807, 2.05) is 0 Å². The Hall–Kier alpha value is -3.31. The van der Waals surface area contributed by atoms with Crippen LogP contribution in [0.5, 0.6) is 0 Å². The Morgan fingerprint density at radius 2 is 1.28 bits per heavy atom. The van der Waals surface area contributed by atoms with Crippen molar-refractivity contribution in [1.82, 2.24) is 0 Å². The van der Waals surface area contributed by atoms with E-state index in [1.54, 1.807) is 36.4 Å². The lowest BCUT2D eigenvalue weighted by Crippen LogP contribution is -2.67. The van der Waals surface area contributed by atoms with Crippen LogP contribution >= 0.6 is 0 Å². The molecule has 4 rings (SSSR count). The van der Waals surface area contributed by atoms with Crippen molar-refractivity contribution < 1.29 is 48.3 Å². The zero-order valence-corrected chi connectivity index (χ0v) is 25.0. The Morgan fingerprint density at radius 3 is 1.81 bits per heavy atom. The largest absolute Gasteiger partial charge is 0.454 e. The smallest absolute Gasteiger partial charge is 0.338 e. The number of benzene rings is 2. The monoisotopic (exact) mass is 598 g/mol. The molecule has 0 radical (unpaired) electrons. The van der Waals surface area contributed by atoms with Gasteiger partial charge in [-0.1, -0.05) is 63.6 Å². The van der Waals surface area contributed by atoms with E-state index in [9.17, 15) is 24.6 Å². The van der Waals surface area contributed by atoms with Crippen molar-refractivity contribution in [2.45, 2.75) is 82.8 Å². The molecule has 43 heavy (non-hydrogen) atoms. The number of carbonyl (C=O) groups excluding carboxylic acids is 3. The van der Waals surface area contributed by atoms with E-state index in [1.165, 1.54) is 31.4 Å². The number of ether oxygens (including phenoxy) is 5. The highest BCUT2D eigenvalue weighted by molar-refractivity contribution is 5.90. The minimum Gasteiger partial charge on any atom is -0.454 e. The summed E-state index contributed by atoms with van der Waals surface area (Å²) in [6, 6.07) is 16.1. The zero-order chi connectivity index (χ0) is 31.1. The average molecular weight is 599 g/mol. The second-order valence-corrected chi connectivity index (χ2v) is 11.8. The molecule has 2 fully saturated rings. The van der Waals surface area contributed by atoms with Gasteiger partial charge < -0.3 is 33.9 Å². The molecule has 0 unspecified atom stereocenters. The molecule has 0 spiro atoms. The Bertz CT molecular complexity index is 1200. The van der Waals surface area contributed by atoms with Crippen molar-refractivity contribution in [3.63, 3.8) is 0 Å². The molecule has 2 aliphatic rings. The lowest BCUT2D eigenvalue weighted by atomic mass is 9.75. The summed E-state index contributed by atoms with van der Waals surface area (Å²) in [5.74, 6) is -1.27. The second kappa shape index (κ2) is 14.9. The first-order valence-electron chi connectivity index (χ1n) is 14.8. The zero-order valence-electron chi connectivity index (χ0n) is 25.0. The van der Waals surface area contributed by atoms with Crippen molar-refractivity contribution in [1.29, 1.82) is 0 Å². The fraction of sp³-hybridized carbons (Fsp3) is 0.545. The summed E-state index contributed by atoms with van der Waals surface area (Å²) in [5.41, 5.74) is 0.360. The molecule has 2 aromatic rings. The maximum absolute atomic E-state index is 13.2. The van der Waals surface area contributed by atoms with Crippen LogP contribution in [0.3, 0.4) is 0 Å². The molecule has 0 aliphatic heterocycles. The van der Waals surface area contributed by atoms with E-state index in [0.29, 0.717) is 17.8 Å². The van der Waals surface area contributed by atoms with Crippen LogP contribution in [0.4, 0.5) is 0 Å². The minimum absolute atomic E-state index is 0.125. The molecule has 0 aromatic heterocycles. The number of hydrogen-bond acceptors (Lipinski definition) is 10. The van der Waals surface area contributed by atoms with E-state index in [2.05, 4.69) is 20.8 Å². The number of aliphatic hydroxyl groups is 2. The molecular formula is C33H42O10. The van der Waals surface area contributed by atoms with Crippen molar-refractivity contribution >= 4 is 17.9 Å². The van der Waals surface area contributed by atoms with E-state index in [-0.39, 0.29) is 23.8 Å². The molecule has 2 aromatic carbocycles. The van der Waals surface area contributed by atoms with Gasteiger partial charge in [0.25, 0.3) is 0 Å². The van der Waals surface area contributed by atoms with Gasteiger partial charge in [0.2, 0.25) is 0 Å². The van der Waals surface area contributed by atoms with E-state index < -0.39 is 54.5 Å². The van der Waals surface area contributed by atoms with E-state index in [0.717, 1.165) is 19.3 Å². The quantitative estimate of drug-likeness (QED) is 0.308. The molecule has 0 saturated heterocycles. The first-order chi connectivity index (χ1) is 20.6. The third-order valence-electron chi connectivity index (χ3n) is 8.42. The lowest BCUT2D eigenvalue weighted by Gasteiger charge is -2.45. The Balaban J connectivity index is 1.58. The van der Waals surface area contributed by atoms with Crippen LogP contribution < -0.4 is 0 Å². The molecule has 2 N–H and O–H groups in total. The van der Waals surface area contributed by atoms with Crippen LogP contribution in [0.15, 0.2) is 60.7 Å². The van der Waals surface area contributed by atoms with Gasteiger partial charge in [0.1, 0.15) is 24.9 Å². The van der Waals surface area contributed by atoms with Crippen LogP contribution in [-0.2, 0) is 28.5 Å². The highest BCUT2D eigenvalue weighted by Gasteiger charge is 2.56. The number of rotatable bonds is 10. The summed E-state index contributed by atoms with van der Waals surface area (Å²) < 4.78 is 28.6. The second-order valence-electron chi connectivity index (χ2n) is 11.8.